The molecule has 3 aliphatic rings. The van der Waals surface area contributed by atoms with Gasteiger partial charge in [-0.15, -0.1) is 0 Å². The van der Waals surface area contributed by atoms with E-state index in [-0.39, 0.29) is 5.25 Å². The van der Waals surface area contributed by atoms with Gasteiger partial charge in [0.25, 0.3) is 0 Å². The van der Waals surface area contributed by atoms with E-state index in [1.807, 2.05) is 6.92 Å². The summed E-state index contributed by atoms with van der Waals surface area (Å²) in [5.74, 6) is 2.44. The van der Waals surface area contributed by atoms with E-state index in [0.29, 0.717) is 24.0 Å². The molecular formula is C24H48N2O4S2. The molecule has 0 radical (unpaired) electrons. The minimum absolute atomic E-state index is 0.0746. The fourth-order valence-electron chi connectivity index (χ4n) is 5.35. The summed E-state index contributed by atoms with van der Waals surface area (Å²) in [6.45, 7) is 11.5. The second-order valence-electron chi connectivity index (χ2n) is 10.4. The quantitative estimate of drug-likeness (QED) is 0.508. The number of hydrogen-bond acceptors (Lipinski definition) is 4. The van der Waals surface area contributed by atoms with E-state index in [1.165, 1.54) is 12.8 Å². The van der Waals surface area contributed by atoms with Crippen LogP contribution in [0.4, 0.5) is 0 Å². The van der Waals surface area contributed by atoms with Gasteiger partial charge in [0.15, 0.2) is 0 Å². The van der Waals surface area contributed by atoms with Crippen LogP contribution in [0.3, 0.4) is 0 Å². The zero-order valence-corrected chi connectivity index (χ0v) is 22.6. The normalized spacial score (nSPS) is 23.8. The summed E-state index contributed by atoms with van der Waals surface area (Å²) in [6, 6.07) is 0. The lowest BCUT2D eigenvalue weighted by Gasteiger charge is -2.34. The van der Waals surface area contributed by atoms with Gasteiger partial charge >= 0.3 is 0 Å². The van der Waals surface area contributed by atoms with E-state index in [0.717, 1.165) is 83.5 Å². The average Bonchev–Trinajstić information content (AvgIpc) is 2.80. The fourth-order valence-corrected chi connectivity index (χ4v) is 8.97. The second kappa shape index (κ2) is 13.1. The largest absolute Gasteiger partial charge is 0.216 e. The number of nitrogens with zero attached hydrogens (tertiary/aromatic N) is 2. The summed E-state index contributed by atoms with van der Waals surface area (Å²) in [6.07, 6.45) is 11.2. The molecule has 0 bridgehead atoms. The van der Waals surface area contributed by atoms with Crippen molar-refractivity contribution in [1.29, 1.82) is 0 Å². The van der Waals surface area contributed by atoms with Crippen molar-refractivity contribution < 1.29 is 16.8 Å². The number of hydrogen-bond donors (Lipinski definition) is 0. The number of rotatable bonds is 7. The van der Waals surface area contributed by atoms with Gasteiger partial charge in [-0.25, -0.2) is 25.4 Å². The SMILES string of the molecule is CCC1CCN(S(=O)(=O)C2CCCCC2)CC1.CCCS(=O)(=O)N1CCC(C(C)C)CC1. The highest BCUT2D eigenvalue weighted by Gasteiger charge is 2.34. The molecule has 2 aliphatic heterocycles. The van der Waals surface area contributed by atoms with Gasteiger partial charge in [0.05, 0.1) is 11.0 Å². The minimum Gasteiger partial charge on any atom is -0.212 e. The van der Waals surface area contributed by atoms with E-state index < -0.39 is 20.0 Å². The predicted octanol–water partition coefficient (Wildman–Crippen LogP) is 4.87. The molecule has 1 saturated carbocycles. The van der Waals surface area contributed by atoms with Gasteiger partial charge < -0.3 is 0 Å². The first-order chi connectivity index (χ1) is 15.1. The van der Waals surface area contributed by atoms with Gasteiger partial charge in [0, 0.05) is 26.2 Å². The lowest BCUT2D eigenvalue weighted by atomic mass is 9.87. The van der Waals surface area contributed by atoms with Crippen molar-refractivity contribution in [3.8, 4) is 0 Å². The number of piperidine rings is 2. The molecule has 190 valence electrons. The first-order valence-electron chi connectivity index (χ1n) is 13.1. The topological polar surface area (TPSA) is 74.8 Å². The maximum atomic E-state index is 12.5. The molecule has 0 atom stereocenters. The molecule has 6 nitrogen and oxygen atoms in total. The Hall–Kier alpha value is -0.180. The Bertz CT molecular complexity index is 730. The molecule has 0 spiro atoms. The van der Waals surface area contributed by atoms with E-state index >= 15 is 0 Å². The molecule has 3 fully saturated rings. The molecule has 2 saturated heterocycles. The lowest BCUT2D eigenvalue weighted by molar-refractivity contribution is 0.226. The molecule has 0 unspecified atom stereocenters. The Morgan fingerprint density at radius 3 is 1.75 bits per heavy atom. The van der Waals surface area contributed by atoms with Gasteiger partial charge in [-0.2, -0.15) is 0 Å². The third kappa shape index (κ3) is 7.95. The van der Waals surface area contributed by atoms with Crippen molar-refractivity contribution >= 4 is 20.0 Å². The molecule has 8 heteroatoms. The van der Waals surface area contributed by atoms with Crippen LogP contribution in [0.15, 0.2) is 0 Å². The van der Waals surface area contributed by atoms with E-state index in [4.69, 9.17) is 0 Å². The van der Waals surface area contributed by atoms with Gasteiger partial charge in [0.1, 0.15) is 0 Å². The first kappa shape index (κ1) is 28.1. The molecule has 1 aliphatic carbocycles. The molecule has 0 aromatic heterocycles. The molecule has 0 N–H and O–H groups in total. The van der Waals surface area contributed by atoms with Gasteiger partial charge in [-0.3, -0.25) is 0 Å². The Kier molecular flexibility index (Phi) is 11.4. The highest BCUT2D eigenvalue weighted by atomic mass is 32.2. The molecule has 0 aromatic rings. The summed E-state index contributed by atoms with van der Waals surface area (Å²) in [5.41, 5.74) is 0. The van der Waals surface area contributed by atoms with Crippen LogP contribution < -0.4 is 0 Å². The van der Waals surface area contributed by atoms with E-state index in [9.17, 15) is 16.8 Å². The maximum absolute atomic E-state index is 12.5. The number of sulfonamides is 2. The first-order valence-corrected chi connectivity index (χ1v) is 16.2. The maximum Gasteiger partial charge on any atom is 0.216 e. The minimum atomic E-state index is -2.98. The smallest absolute Gasteiger partial charge is 0.212 e. The standard InChI is InChI=1S/C13H25NO2S.C11H23NO2S/c1-2-12-8-10-14(11-9-12)17(15,16)13-6-4-3-5-7-13;1-4-9-15(13,14)12-7-5-11(6-8-12)10(2)3/h12-13H,2-11H2,1H3;10-11H,4-9H2,1-3H3. The Morgan fingerprint density at radius 2 is 1.28 bits per heavy atom. The highest BCUT2D eigenvalue weighted by Crippen LogP contribution is 2.29. The zero-order chi connectivity index (χ0) is 23.8. The Balaban J connectivity index is 0.000000229. The molecule has 32 heavy (non-hydrogen) atoms. The van der Waals surface area contributed by atoms with Crippen LogP contribution in [0, 0.1) is 17.8 Å². The van der Waals surface area contributed by atoms with Crippen LogP contribution in [0.25, 0.3) is 0 Å². The summed E-state index contributed by atoms with van der Waals surface area (Å²) >= 11 is 0. The van der Waals surface area contributed by atoms with Crippen LogP contribution in [-0.4, -0.2) is 62.6 Å². The predicted molar refractivity (Wildman–Crippen MR) is 134 cm³/mol. The van der Waals surface area contributed by atoms with Crippen molar-refractivity contribution in [2.75, 3.05) is 31.9 Å². The average molecular weight is 493 g/mol. The third-order valence-electron chi connectivity index (χ3n) is 7.78. The van der Waals surface area contributed by atoms with Crippen molar-refractivity contribution in [2.45, 2.75) is 104 Å². The molecule has 0 aromatic carbocycles. The monoisotopic (exact) mass is 492 g/mol. The van der Waals surface area contributed by atoms with E-state index in [1.54, 1.807) is 8.61 Å². The van der Waals surface area contributed by atoms with Crippen molar-refractivity contribution in [2.24, 2.45) is 17.8 Å². The molecular weight excluding hydrogens is 444 g/mol. The zero-order valence-electron chi connectivity index (χ0n) is 21.0. The van der Waals surface area contributed by atoms with Crippen LogP contribution >= 0.6 is 0 Å². The summed E-state index contributed by atoms with van der Waals surface area (Å²) in [4.78, 5) is 0. The Labute approximate surface area is 198 Å². The van der Waals surface area contributed by atoms with E-state index in [2.05, 4.69) is 20.8 Å². The Morgan fingerprint density at radius 1 is 0.750 bits per heavy atom. The van der Waals surface area contributed by atoms with Crippen LogP contribution in [0.1, 0.15) is 98.3 Å². The van der Waals surface area contributed by atoms with Crippen LogP contribution in [0.2, 0.25) is 0 Å². The second-order valence-corrected chi connectivity index (χ2v) is 14.7. The molecule has 3 rings (SSSR count). The summed E-state index contributed by atoms with van der Waals surface area (Å²) in [7, 11) is -5.93. The van der Waals surface area contributed by atoms with Crippen LogP contribution in [-0.2, 0) is 20.0 Å². The van der Waals surface area contributed by atoms with Crippen LogP contribution in [0.5, 0.6) is 0 Å². The van der Waals surface area contributed by atoms with Crippen molar-refractivity contribution in [1.82, 2.24) is 8.61 Å². The van der Waals surface area contributed by atoms with Gasteiger partial charge in [0.2, 0.25) is 20.0 Å². The fraction of sp³-hybridized carbons (Fsp3) is 1.00. The third-order valence-corrected chi connectivity index (χ3v) is 12.3. The molecule has 2 heterocycles. The van der Waals surface area contributed by atoms with Gasteiger partial charge in [-0.05, 0) is 62.7 Å². The summed E-state index contributed by atoms with van der Waals surface area (Å²) < 4.78 is 51.9. The van der Waals surface area contributed by atoms with Gasteiger partial charge in [-0.1, -0.05) is 53.4 Å². The summed E-state index contributed by atoms with van der Waals surface area (Å²) in [5, 5.41) is -0.0746. The van der Waals surface area contributed by atoms with Crippen molar-refractivity contribution in [3.63, 3.8) is 0 Å². The van der Waals surface area contributed by atoms with Crippen molar-refractivity contribution in [3.05, 3.63) is 0 Å². The highest BCUT2D eigenvalue weighted by molar-refractivity contribution is 7.89. The molecule has 0 amide bonds. The lowest BCUT2D eigenvalue weighted by Crippen LogP contribution is -2.44.